The molecule has 1 aromatic carbocycles. The minimum atomic E-state index is -3.86. The van der Waals surface area contributed by atoms with E-state index in [-0.39, 0.29) is 0 Å². The van der Waals surface area contributed by atoms with Crippen molar-refractivity contribution in [2.24, 2.45) is 0 Å². The fraction of sp³-hybridized carbons (Fsp3) is 0.300. The van der Waals surface area contributed by atoms with E-state index < -0.39 is 21.2 Å². The SMILES string of the molecule is COC(=O)C(C)S(=O)(=O)Nc1ccc(Cl)cc1Br. The number of carbonyl (C=O) groups is 1. The van der Waals surface area contributed by atoms with Gasteiger partial charge in [0, 0.05) is 9.50 Å². The fourth-order valence-corrected chi connectivity index (χ4v) is 3.03. The molecule has 1 rings (SSSR count). The maximum Gasteiger partial charge on any atom is 0.325 e. The molecule has 0 aliphatic rings. The Balaban J connectivity index is 2.99. The van der Waals surface area contributed by atoms with E-state index in [2.05, 4.69) is 25.4 Å². The summed E-state index contributed by atoms with van der Waals surface area (Å²) < 4.78 is 30.9. The average Bonchev–Trinajstić information content (AvgIpc) is 2.30. The first kappa shape index (κ1) is 15.3. The number of rotatable bonds is 4. The second-order valence-electron chi connectivity index (χ2n) is 3.44. The lowest BCUT2D eigenvalue weighted by atomic mass is 10.3. The quantitative estimate of drug-likeness (QED) is 0.841. The number of esters is 1. The van der Waals surface area contributed by atoms with Crippen LogP contribution in [0.15, 0.2) is 22.7 Å². The van der Waals surface area contributed by atoms with Crippen molar-refractivity contribution >= 4 is 49.2 Å². The molecule has 1 atom stereocenters. The molecule has 5 nitrogen and oxygen atoms in total. The molecule has 0 fully saturated rings. The van der Waals surface area contributed by atoms with Gasteiger partial charge in [-0.25, -0.2) is 8.42 Å². The predicted molar refractivity (Wildman–Crippen MR) is 73.2 cm³/mol. The molecule has 0 radical (unpaired) electrons. The van der Waals surface area contributed by atoms with Crippen LogP contribution in [0, 0.1) is 0 Å². The van der Waals surface area contributed by atoms with E-state index in [9.17, 15) is 13.2 Å². The van der Waals surface area contributed by atoms with E-state index in [1.807, 2.05) is 0 Å². The predicted octanol–water partition coefficient (Wildman–Crippen LogP) is 2.41. The number of hydrogen-bond acceptors (Lipinski definition) is 4. The number of anilines is 1. The molecule has 0 amide bonds. The summed E-state index contributed by atoms with van der Waals surface area (Å²) in [6.45, 7) is 1.25. The standard InChI is InChI=1S/C10H11BrClNO4S/c1-6(10(14)17-2)18(15,16)13-9-4-3-7(12)5-8(9)11/h3-6,13H,1-2H3. The summed E-state index contributed by atoms with van der Waals surface area (Å²) in [5.74, 6) is -0.826. The van der Waals surface area contributed by atoms with Gasteiger partial charge in [0.15, 0.2) is 5.25 Å². The van der Waals surface area contributed by atoms with Crippen molar-refractivity contribution in [2.75, 3.05) is 11.8 Å². The van der Waals surface area contributed by atoms with Crippen LogP contribution in [0.25, 0.3) is 0 Å². The van der Waals surface area contributed by atoms with Gasteiger partial charge in [-0.1, -0.05) is 11.6 Å². The molecule has 0 saturated heterocycles. The molecule has 18 heavy (non-hydrogen) atoms. The van der Waals surface area contributed by atoms with Crippen LogP contribution in [-0.4, -0.2) is 26.7 Å². The molecule has 100 valence electrons. The van der Waals surface area contributed by atoms with Crippen LogP contribution >= 0.6 is 27.5 Å². The van der Waals surface area contributed by atoms with Gasteiger partial charge in [-0.05, 0) is 41.1 Å². The Morgan fingerprint density at radius 2 is 2.11 bits per heavy atom. The summed E-state index contributed by atoms with van der Waals surface area (Å²) in [6.07, 6.45) is 0. The van der Waals surface area contributed by atoms with Crippen molar-refractivity contribution < 1.29 is 17.9 Å². The molecule has 1 N–H and O–H groups in total. The van der Waals surface area contributed by atoms with Crippen molar-refractivity contribution in [1.82, 2.24) is 0 Å². The highest BCUT2D eigenvalue weighted by molar-refractivity contribution is 9.10. The number of carbonyl (C=O) groups excluding carboxylic acids is 1. The lowest BCUT2D eigenvalue weighted by molar-refractivity contribution is -0.139. The van der Waals surface area contributed by atoms with Crippen molar-refractivity contribution in [3.8, 4) is 0 Å². The molecular formula is C10H11BrClNO4S. The Hall–Kier alpha value is -0.790. The van der Waals surface area contributed by atoms with Gasteiger partial charge in [0.05, 0.1) is 12.8 Å². The molecule has 0 bridgehead atoms. The molecular weight excluding hydrogens is 346 g/mol. The minimum absolute atomic E-state index is 0.301. The van der Waals surface area contributed by atoms with E-state index in [0.29, 0.717) is 15.2 Å². The van der Waals surface area contributed by atoms with E-state index in [4.69, 9.17) is 11.6 Å². The van der Waals surface area contributed by atoms with Crippen molar-refractivity contribution in [2.45, 2.75) is 12.2 Å². The zero-order valence-corrected chi connectivity index (χ0v) is 12.8. The van der Waals surface area contributed by atoms with Gasteiger partial charge in [0.25, 0.3) is 0 Å². The highest BCUT2D eigenvalue weighted by atomic mass is 79.9. The Morgan fingerprint density at radius 3 is 2.61 bits per heavy atom. The third-order valence-electron chi connectivity index (χ3n) is 2.18. The smallest absolute Gasteiger partial charge is 0.325 e. The number of halogens is 2. The van der Waals surface area contributed by atoms with Gasteiger partial charge < -0.3 is 4.74 Å². The number of ether oxygens (including phenoxy) is 1. The van der Waals surface area contributed by atoms with Gasteiger partial charge in [0.1, 0.15) is 0 Å². The van der Waals surface area contributed by atoms with Crippen LogP contribution in [0.1, 0.15) is 6.92 Å². The third-order valence-corrected chi connectivity index (χ3v) is 4.70. The highest BCUT2D eigenvalue weighted by Gasteiger charge is 2.29. The van der Waals surface area contributed by atoms with Gasteiger partial charge in [-0.15, -0.1) is 0 Å². The highest BCUT2D eigenvalue weighted by Crippen LogP contribution is 2.27. The third kappa shape index (κ3) is 3.60. The van der Waals surface area contributed by atoms with E-state index >= 15 is 0 Å². The first-order valence-corrected chi connectivity index (χ1v) is 7.54. The summed E-state index contributed by atoms with van der Waals surface area (Å²) in [6, 6.07) is 4.57. The summed E-state index contributed by atoms with van der Waals surface area (Å²) >= 11 is 8.92. The zero-order chi connectivity index (χ0) is 13.9. The fourth-order valence-electron chi connectivity index (χ4n) is 1.11. The molecule has 1 aromatic rings. The Labute approximate surface area is 119 Å². The van der Waals surface area contributed by atoms with Crippen LogP contribution in [0.3, 0.4) is 0 Å². The van der Waals surface area contributed by atoms with E-state index in [0.717, 1.165) is 7.11 Å². The molecule has 0 heterocycles. The molecule has 1 unspecified atom stereocenters. The molecule has 8 heteroatoms. The molecule has 0 spiro atoms. The lowest BCUT2D eigenvalue weighted by Crippen LogP contribution is -2.33. The second-order valence-corrected chi connectivity index (χ2v) is 6.73. The largest absolute Gasteiger partial charge is 0.468 e. The van der Waals surface area contributed by atoms with Crippen LogP contribution in [0.4, 0.5) is 5.69 Å². The van der Waals surface area contributed by atoms with Crippen molar-refractivity contribution in [1.29, 1.82) is 0 Å². The summed E-state index contributed by atoms with van der Waals surface area (Å²) in [5, 5.41) is -0.837. The van der Waals surface area contributed by atoms with Crippen molar-refractivity contribution in [3.05, 3.63) is 27.7 Å². The Morgan fingerprint density at radius 1 is 1.50 bits per heavy atom. The van der Waals surface area contributed by atoms with Gasteiger partial charge >= 0.3 is 5.97 Å². The van der Waals surface area contributed by atoms with Crippen LogP contribution < -0.4 is 4.72 Å². The van der Waals surface area contributed by atoms with Gasteiger partial charge in [-0.2, -0.15) is 0 Å². The Kier molecular flexibility index (Phi) is 5.01. The minimum Gasteiger partial charge on any atom is -0.468 e. The number of nitrogens with one attached hydrogen (secondary N) is 1. The Bertz CT molecular complexity index is 561. The monoisotopic (exact) mass is 355 g/mol. The average molecular weight is 357 g/mol. The number of benzene rings is 1. The molecule has 0 aliphatic carbocycles. The molecule has 0 saturated carbocycles. The van der Waals surface area contributed by atoms with E-state index in [1.54, 1.807) is 6.07 Å². The zero-order valence-electron chi connectivity index (χ0n) is 9.61. The normalized spacial score (nSPS) is 12.9. The van der Waals surface area contributed by atoms with Crippen LogP contribution in [0.2, 0.25) is 5.02 Å². The maximum absolute atomic E-state index is 11.9. The summed E-state index contributed by atoms with van der Waals surface area (Å²) in [5.41, 5.74) is 0.301. The second kappa shape index (κ2) is 5.90. The van der Waals surface area contributed by atoms with Gasteiger partial charge in [-0.3, -0.25) is 9.52 Å². The lowest BCUT2D eigenvalue weighted by Gasteiger charge is -2.14. The summed E-state index contributed by atoms with van der Waals surface area (Å²) in [7, 11) is -2.73. The van der Waals surface area contributed by atoms with E-state index in [1.165, 1.54) is 19.1 Å². The van der Waals surface area contributed by atoms with Gasteiger partial charge in [0.2, 0.25) is 10.0 Å². The maximum atomic E-state index is 11.9. The van der Waals surface area contributed by atoms with Crippen LogP contribution in [-0.2, 0) is 19.6 Å². The number of sulfonamides is 1. The first-order valence-electron chi connectivity index (χ1n) is 4.82. The number of methoxy groups -OCH3 is 1. The van der Waals surface area contributed by atoms with Crippen LogP contribution in [0.5, 0.6) is 0 Å². The molecule has 0 aliphatic heterocycles. The topological polar surface area (TPSA) is 72.5 Å². The van der Waals surface area contributed by atoms with Crippen molar-refractivity contribution in [3.63, 3.8) is 0 Å². The summed E-state index contributed by atoms with van der Waals surface area (Å²) in [4.78, 5) is 11.2. The number of hydrogen-bond donors (Lipinski definition) is 1. The first-order chi connectivity index (χ1) is 8.27. The molecule has 0 aromatic heterocycles.